The van der Waals surface area contributed by atoms with Gasteiger partial charge in [-0.15, -0.1) is 11.3 Å². The monoisotopic (exact) mass is 370 g/mol. The fourth-order valence-electron chi connectivity index (χ4n) is 4.09. The Balaban J connectivity index is 1.66. The largest absolute Gasteiger partial charge is 0.508 e. The smallest absolute Gasteiger partial charge is 0.256 e. The first kappa shape index (κ1) is 17.4. The normalized spacial score (nSPS) is 22.2. The maximum atomic E-state index is 12.8. The molecule has 0 bridgehead atoms. The summed E-state index contributed by atoms with van der Waals surface area (Å²) in [5.41, 5.74) is 4.03. The van der Waals surface area contributed by atoms with Crippen molar-refractivity contribution in [1.82, 2.24) is 5.32 Å². The number of fused-ring (bicyclic) bond motifs is 3. The minimum Gasteiger partial charge on any atom is -0.508 e. The highest BCUT2D eigenvalue weighted by molar-refractivity contribution is 7.16. The summed E-state index contributed by atoms with van der Waals surface area (Å²) in [5, 5.41) is 17.7. The molecule has 2 aliphatic rings. The second-order valence-corrected chi connectivity index (χ2v) is 9.73. The first-order chi connectivity index (χ1) is 12.2. The average Bonchev–Trinajstić information content (AvgIpc) is 2.91. The second kappa shape index (κ2) is 6.02. The van der Waals surface area contributed by atoms with Gasteiger partial charge in [-0.2, -0.15) is 0 Å². The van der Waals surface area contributed by atoms with Gasteiger partial charge in [-0.25, -0.2) is 0 Å². The summed E-state index contributed by atoms with van der Waals surface area (Å²) in [6.45, 7) is 8.85. The van der Waals surface area contributed by atoms with Crippen molar-refractivity contribution in [3.8, 4) is 5.75 Å². The summed E-state index contributed by atoms with van der Waals surface area (Å²) in [6, 6.07) is 5.55. The first-order valence-electron chi connectivity index (χ1n) is 9.25. The zero-order valence-corrected chi connectivity index (χ0v) is 16.6. The summed E-state index contributed by atoms with van der Waals surface area (Å²) < 4.78 is 0. The number of phenolic OH excluding ortho intramolecular Hbond substituents is 1. The predicted molar refractivity (Wildman–Crippen MR) is 106 cm³/mol. The highest BCUT2D eigenvalue weighted by Gasteiger charge is 2.36. The maximum Gasteiger partial charge on any atom is 0.256 e. The quantitative estimate of drug-likeness (QED) is 0.678. The number of aryl methyl sites for hydroxylation is 1. The predicted octanol–water partition coefficient (Wildman–Crippen LogP) is 4.77. The van der Waals surface area contributed by atoms with Crippen molar-refractivity contribution in [2.75, 3.05) is 5.32 Å². The van der Waals surface area contributed by atoms with Crippen molar-refractivity contribution in [3.05, 3.63) is 45.3 Å². The molecule has 0 radical (unpaired) electrons. The molecule has 4 rings (SSSR count). The molecule has 2 heterocycles. The van der Waals surface area contributed by atoms with Gasteiger partial charge in [-0.05, 0) is 54.7 Å². The van der Waals surface area contributed by atoms with Gasteiger partial charge >= 0.3 is 0 Å². The lowest BCUT2D eigenvalue weighted by Crippen LogP contribution is -2.38. The Hall–Kier alpha value is -2.01. The van der Waals surface area contributed by atoms with E-state index in [0.29, 0.717) is 11.5 Å². The molecule has 1 aromatic carbocycles. The van der Waals surface area contributed by atoms with Gasteiger partial charge in [-0.3, -0.25) is 4.79 Å². The number of amides is 1. The van der Waals surface area contributed by atoms with E-state index in [1.54, 1.807) is 17.4 Å². The van der Waals surface area contributed by atoms with Crippen LogP contribution in [0, 0.1) is 18.3 Å². The van der Waals surface area contributed by atoms with E-state index in [4.69, 9.17) is 0 Å². The number of anilines is 1. The first-order valence-corrected chi connectivity index (χ1v) is 10.1. The Kier molecular flexibility index (Phi) is 4.03. The summed E-state index contributed by atoms with van der Waals surface area (Å²) in [7, 11) is 0. The molecule has 138 valence electrons. The van der Waals surface area contributed by atoms with E-state index in [1.807, 2.05) is 19.1 Å². The molecule has 5 heteroatoms. The number of benzene rings is 1. The van der Waals surface area contributed by atoms with Crippen molar-refractivity contribution < 1.29 is 9.90 Å². The number of thiophene rings is 1. The van der Waals surface area contributed by atoms with Gasteiger partial charge in [-0.1, -0.05) is 32.9 Å². The Morgan fingerprint density at radius 1 is 1.23 bits per heavy atom. The van der Waals surface area contributed by atoms with Crippen LogP contribution in [0.1, 0.15) is 65.3 Å². The Morgan fingerprint density at radius 3 is 2.69 bits per heavy atom. The van der Waals surface area contributed by atoms with E-state index in [2.05, 4.69) is 31.4 Å². The minimum atomic E-state index is -0.394. The fraction of sp³-hybridized carbons (Fsp3) is 0.476. The van der Waals surface area contributed by atoms with Crippen molar-refractivity contribution in [1.29, 1.82) is 0 Å². The molecule has 0 saturated carbocycles. The number of aromatic hydroxyl groups is 1. The highest BCUT2D eigenvalue weighted by atomic mass is 32.1. The Morgan fingerprint density at radius 2 is 2.00 bits per heavy atom. The Bertz CT molecular complexity index is 879. The third kappa shape index (κ3) is 2.88. The highest BCUT2D eigenvalue weighted by Crippen LogP contribution is 2.46. The van der Waals surface area contributed by atoms with Crippen molar-refractivity contribution in [3.63, 3.8) is 0 Å². The zero-order valence-electron chi connectivity index (χ0n) is 15.8. The van der Waals surface area contributed by atoms with Gasteiger partial charge in [0.2, 0.25) is 0 Å². The number of carbonyl (C=O) groups excluding carboxylic acids is 1. The van der Waals surface area contributed by atoms with Gasteiger partial charge < -0.3 is 15.7 Å². The number of hydrogen-bond acceptors (Lipinski definition) is 4. The maximum absolute atomic E-state index is 12.8. The van der Waals surface area contributed by atoms with Gasteiger partial charge in [0.15, 0.2) is 0 Å². The van der Waals surface area contributed by atoms with Crippen LogP contribution in [0.25, 0.3) is 0 Å². The lowest BCUT2D eigenvalue weighted by atomic mass is 9.72. The zero-order chi connectivity index (χ0) is 18.6. The average molecular weight is 371 g/mol. The second-order valence-electron chi connectivity index (χ2n) is 8.63. The third-order valence-electron chi connectivity index (χ3n) is 5.76. The van der Waals surface area contributed by atoms with Gasteiger partial charge in [0.25, 0.3) is 5.91 Å². The van der Waals surface area contributed by atoms with E-state index in [9.17, 15) is 9.90 Å². The molecule has 1 aromatic heterocycles. The van der Waals surface area contributed by atoms with Crippen LogP contribution in [-0.2, 0) is 12.8 Å². The van der Waals surface area contributed by atoms with Crippen LogP contribution in [-0.4, -0.2) is 11.0 Å². The van der Waals surface area contributed by atoms with Crippen LogP contribution < -0.4 is 10.6 Å². The van der Waals surface area contributed by atoms with Gasteiger partial charge in [0.05, 0.1) is 5.56 Å². The molecule has 0 spiro atoms. The SMILES string of the molecule is Cc1ccc(C2NC(=O)c3c(sc4c3CCC(C(C)(C)C)C4)N2)c(O)c1. The number of rotatable bonds is 1. The van der Waals surface area contributed by atoms with E-state index in [-0.39, 0.29) is 17.1 Å². The summed E-state index contributed by atoms with van der Waals surface area (Å²) in [6.07, 6.45) is 2.76. The van der Waals surface area contributed by atoms with Gasteiger partial charge in [0, 0.05) is 10.4 Å². The van der Waals surface area contributed by atoms with Crippen LogP contribution in [0.3, 0.4) is 0 Å². The lowest BCUT2D eigenvalue weighted by Gasteiger charge is -2.34. The molecular formula is C21H26N2O2S. The molecule has 2 aromatic rings. The molecule has 0 saturated heterocycles. The van der Waals surface area contributed by atoms with Crippen molar-refractivity contribution >= 4 is 22.2 Å². The summed E-state index contributed by atoms with van der Waals surface area (Å²) in [5.74, 6) is 0.825. The van der Waals surface area contributed by atoms with Crippen LogP contribution >= 0.6 is 11.3 Å². The van der Waals surface area contributed by atoms with Gasteiger partial charge in [0.1, 0.15) is 16.9 Å². The van der Waals surface area contributed by atoms with E-state index in [1.165, 1.54) is 10.4 Å². The molecule has 26 heavy (non-hydrogen) atoms. The number of nitrogens with one attached hydrogen (secondary N) is 2. The van der Waals surface area contributed by atoms with Crippen LogP contribution in [0.15, 0.2) is 18.2 Å². The molecule has 2 unspecified atom stereocenters. The standard InChI is InChI=1S/C21H26N2O2S/c1-11-5-7-13(15(24)9-11)18-22-19(25)17-14-8-6-12(21(2,3)4)10-16(14)26-20(17)23-18/h5,7,9,12,18,23-24H,6,8,10H2,1-4H3,(H,22,25). The molecule has 3 N–H and O–H groups in total. The Labute approximate surface area is 158 Å². The molecule has 1 aliphatic heterocycles. The minimum absolute atomic E-state index is 0.0320. The van der Waals surface area contributed by atoms with Crippen LogP contribution in [0.4, 0.5) is 5.00 Å². The van der Waals surface area contributed by atoms with Crippen molar-refractivity contribution in [2.45, 2.75) is 53.1 Å². The van der Waals surface area contributed by atoms with E-state index in [0.717, 1.165) is 35.4 Å². The fourth-order valence-corrected chi connectivity index (χ4v) is 5.44. The third-order valence-corrected chi connectivity index (χ3v) is 6.95. The molecule has 4 nitrogen and oxygen atoms in total. The number of carbonyl (C=O) groups is 1. The number of hydrogen-bond donors (Lipinski definition) is 3. The molecule has 1 amide bonds. The lowest BCUT2D eigenvalue weighted by molar-refractivity contribution is 0.0934. The summed E-state index contributed by atoms with van der Waals surface area (Å²) >= 11 is 1.72. The number of phenols is 1. The topological polar surface area (TPSA) is 61.4 Å². The molecule has 0 fully saturated rings. The van der Waals surface area contributed by atoms with E-state index < -0.39 is 6.17 Å². The van der Waals surface area contributed by atoms with Crippen molar-refractivity contribution in [2.24, 2.45) is 11.3 Å². The molecule has 2 atom stereocenters. The molecule has 1 aliphatic carbocycles. The molecular weight excluding hydrogens is 344 g/mol. The summed E-state index contributed by atoms with van der Waals surface area (Å²) in [4.78, 5) is 14.2. The van der Waals surface area contributed by atoms with E-state index >= 15 is 0 Å². The van der Waals surface area contributed by atoms with Crippen LogP contribution in [0.2, 0.25) is 0 Å². The van der Waals surface area contributed by atoms with Crippen LogP contribution in [0.5, 0.6) is 5.75 Å².